The molecule has 2 N–H and O–H groups in total. The van der Waals surface area contributed by atoms with Crippen LogP contribution in [0.15, 0.2) is 48.5 Å². The van der Waals surface area contributed by atoms with Gasteiger partial charge in [0.1, 0.15) is 44.5 Å². The van der Waals surface area contributed by atoms with Crippen molar-refractivity contribution in [2.24, 2.45) is 0 Å². The van der Waals surface area contributed by atoms with Gasteiger partial charge in [-0.1, -0.05) is 71.7 Å². The number of carbonyl (C=O) groups excluding carboxylic acids is 2. The molecule has 0 saturated carbocycles. The van der Waals surface area contributed by atoms with E-state index in [1.165, 1.54) is 0 Å². The van der Waals surface area contributed by atoms with Gasteiger partial charge in [-0.15, -0.1) is 0 Å². The molecule has 0 spiro atoms. The second kappa shape index (κ2) is 13.1. The molecule has 0 radical (unpaired) electrons. The van der Waals surface area contributed by atoms with Crippen molar-refractivity contribution in [3.63, 3.8) is 0 Å². The fourth-order valence-corrected chi connectivity index (χ4v) is 6.75. The zero-order valence-electron chi connectivity index (χ0n) is 28.2. The number of hydrogen-bond donors (Lipinski definition) is 2. The first-order valence-corrected chi connectivity index (χ1v) is 17.1. The minimum absolute atomic E-state index is 0.218. The normalized spacial score (nSPS) is 18.4. The lowest BCUT2D eigenvalue weighted by molar-refractivity contribution is 0.0208. The number of H-pyrrole nitrogens is 2. The van der Waals surface area contributed by atoms with Crippen LogP contribution in [0.25, 0.3) is 33.6 Å². The summed E-state index contributed by atoms with van der Waals surface area (Å²) in [7, 11) is 0. The van der Waals surface area contributed by atoms with E-state index in [1.807, 2.05) is 90.1 Å². The summed E-state index contributed by atoms with van der Waals surface area (Å²) < 4.78 is 11.2. The molecule has 2 saturated heterocycles. The van der Waals surface area contributed by atoms with E-state index < -0.39 is 11.2 Å². The summed E-state index contributed by atoms with van der Waals surface area (Å²) in [6, 6.07) is 15.6. The highest BCUT2D eigenvalue weighted by Gasteiger charge is 2.37. The molecule has 2 fully saturated rings. The quantitative estimate of drug-likeness (QED) is 0.215. The number of nitrogens with zero attached hydrogens (tertiary/aromatic N) is 4. The summed E-state index contributed by atoms with van der Waals surface area (Å²) in [6.45, 7) is 12.4. The third kappa shape index (κ3) is 7.34. The second-order valence-electron chi connectivity index (χ2n) is 14.4. The van der Waals surface area contributed by atoms with Crippen molar-refractivity contribution in [1.82, 2.24) is 29.7 Å². The molecular formula is C36H42Cl2N6O4. The zero-order chi connectivity index (χ0) is 34.4. The number of ether oxygens (including phenoxy) is 2. The van der Waals surface area contributed by atoms with Gasteiger partial charge < -0.3 is 19.4 Å². The molecular weight excluding hydrogens is 651 g/mol. The van der Waals surface area contributed by atoms with E-state index in [9.17, 15) is 9.59 Å². The van der Waals surface area contributed by atoms with Crippen molar-refractivity contribution in [3.05, 3.63) is 70.5 Å². The average molecular weight is 694 g/mol. The number of imidazole rings is 2. The molecule has 2 aliphatic heterocycles. The van der Waals surface area contributed by atoms with Gasteiger partial charge in [0.15, 0.2) is 0 Å². The fourth-order valence-electron chi connectivity index (χ4n) is 6.26. The number of hydrogen-bond acceptors (Lipinski definition) is 6. The van der Waals surface area contributed by atoms with Gasteiger partial charge in [-0.25, -0.2) is 19.6 Å². The summed E-state index contributed by atoms with van der Waals surface area (Å²) in [5.74, 6) is 1.31. The number of aromatic nitrogens is 4. The zero-order valence-corrected chi connectivity index (χ0v) is 29.7. The van der Waals surface area contributed by atoms with E-state index in [1.54, 1.807) is 9.80 Å². The largest absolute Gasteiger partial charge is 0.444 e. The molecule has 0 unspecified atom stereocenters. The van der Waals surface area contributed by atoms with Gasteiger partial charge in [-0.3, -0.25) is 9.80 Å². The first kappa shape index (κ1) is 33.9. The molecule has 6 rings (SSSR count). The summed E-state index contributed by atoms with van der Waals surface area (Å²) in [5, 5.41) is 0.862. The van der Waals surface area contributed by atoms with Crippen LogP contribution in [0.5, 0.6) is 0 Å². The number of benzene rings is 2. The van der Waals surface area contributed by atoms with Gasteiger partial charge >= 0.3 is 12.2 Å². The smallest absolute Gasteiger partial charge is 0.410 e. The number of halogens is 2. The molecule has 2 amide bonds. The van der Waals surface area contributed by atoms with Crippen molar-refractivity contribution in [2.45, 2.75) is 90.5 Å². The molecule has 4 heterocycles. The summed E-state index contributed by atoms with van der Waals surface area (Å²) >= 11 is 13.3. The number of amides is 2. The summed E-state index contributed by atoms with van der Waals surface area (Å²) in [6.07, 6.45) is 2.62. The van der Waals surface area contributed by atoms with Crippen LogP contribution in [0.4, 0.5) is 9.59 Å². The van der Waals surface area contributed by atoms with Crippen LogP contribution in [0.2, 0.25) is 10.3 Å². The van der Waals surface area contributed by atoms with Crippen molar-refractivity contribution < 1.29 is 19.1 Å². The number of aromatic amines is 2. The Labute approximate surface area is 291 Å². The van der Waals surface area contributed by atoms with E-state index in [2.05, 4.69) is 9.97 Å². The first-order chi connectivity index (χ1) is 22.7. The molecule has 2 aliphatic rings. The third-order valence-corrected chi connectivity index (χ3v) is 8.95. The molecule has 0 bridgehead atoms. The Morgan fingerprint density at radius 3 is 1.31 bits per heavy atom. The monoisotopic (exact) mass is 692 g/mol. The predicted octanol–water partition coefficient (Wildman–Crippen LogP) is 9.58. The molecule has 4 aromatic rings. The minimum atomic E-state index is -0.574. The molecule has 10 nitrogen and oxygen atoms in total. The Balaban J connectivity index is 1.15. The highest BCUT2D eigenvalue weighted by atomic mass is 35.5. The lowest BCUT2D eigenvalue weighted by Crippen LogP contribution is -2.36. The van der Waals surface area contributed by atoms with E-state index in [-0.39, 0.29) is 24.3 Å². The van der Waals surface area contributed by atoms with E-state index >= 15 is 0 Å². The van der Waals surface area contributed by atoms with Gasteiger partial charge in [0.25, 0.3) is 0 Å². The van der Waals surface area contributed by atoms with Crippen LogP contribution >= 0.6 is 23.2 Å². The topological polar surface area (TPSA) is 116 Å². The molecule has 12 heteroatoms. The van der Waals surface area contributed by atoms with Crippen molar-refractivity contribution in [2.75, 3.05) is 13.1 Å². The molecule has 254 valence electrons. The maximum Gasteiger partial charge on any atom is 0.410 e. The van der Waals surface area contributed by atoms with Crippen molar-refractivity contribution in [1.29, 1.82) is 0 Å². The third-order valence-electron chi connectivity index (χ3n) is 8.40. The van der Waals surface area contributed by atoms with Crippen LogP contribution in [0.1, 0.15) is 91.0 Å². The van der Waals surface area contributed by atoms with E-state index in [4.69, 9.17) is 42.6 Å². The fraction of sp³-hybridized carbons (Fsp3) is 0.444. The van der Waals surface area contributed by atoms with Gasteiger partial charge in [0.05, 0.1) is 12.1 Å². The first-order valence-electron chi connectivity index (χ1n) is 16.4. The number of nitrogens with one attached hydrogen (secondary N) is 2. The van der Waals surface area contributed by atoms with Gasteiger partial charge in [-0.2, -0.15) is 0 Å². The van der Waals surface area contributed by atoms with Gasteiger partial charge in [0, 0.05) is 24.2 Å². The average Bonchev–Trinajstić information content (AvgIpc) is 3.81. The standard InChI is InChI=1S/C36H42Cl2N6O4/c1-35(2,3)47-33(45)43-19-7-9-25(43)31-39-27(29(37)41-31)23-15-11-21(12-16-23)22-13-17-24(18-14-22)28-30(38)42-32(40-28)26-10-8-20-44(26)34(46)48-36(4,5)6/h11-18,25-26H,7-10,19-20H2,1-6H3,(H,39,41)(H,40,42)/t25-,26-/m0/s1. The highest BCUT2D eigenvalue weighted by molar-refractivity contribution is 6.32. The van der Waals surface area contributed by atoms with Crippen LogP contribution in [0, 0.1) is 0 Å². The Hall–Kier alpha value is -4.02. The van der Waals surface area contributed by atoms with Crippen molar-refractivity contribution in [3.8, 4) is 33.6 Å². The maximum absolute atomic E-state index is 12.8. The van der Waals surface area contributed by atoms with Crippen molar-refractivity contribution >= 4 is 35.4 Å². The highest BCUT2D eigenvalue weighted by Crippen LogP contribution is 2.38. The predicted molar refractivity (Wildman–Crippen MR) is 187 cm³/mol. The Morgan fingerprint density at radius 2 is 0.979 bits per heavy atom. The van der Waals surface area contributed by atoms with Crippen LogP contribution in [-0.2, 0) is 9.47 Å². The summed E-state index contributed by atoms with van der Waals surface area (Å²) in [5.41, 5.74) is 3.92. The lowest BCUT2D eigenvalue weighted by atomic mass is 10.0. The van der Waals surface area contributed by atoms with Crippen LogP contribution < -0.4 is 0 Å². The van der Waals surface area contributed by atoms with Crippen LogP contribution in [0.3, 0.4) is 0 Å². The lowest BCUT2D eigenvalue weighted by Gasteiger charge is -2.27. The summed E-state index contributed by atoms with van der Waals surface area (Å²) in [4.78, 5) is 45.1. The Bertz CT molecular complexity index is 1650. The molecule has 0 aliphatic carbocycles. The maximum atomic E-state index is 12.8. The number of carbonyl (C=O) groups is 2. The Morgan fingerprint density at radius 1 is 0.646 bits per heavy atom. The number of likely N-dealkylation sites (tertiary alicyclic amines) is 2. The molecule has 2 atom stereocenters. The van der Waals surface area contributed by atoms with E-state index in [0.29, 0.717) is 46.4 Å². The SMILES string of the molecule is CC(C)(C)OC(=O)N1CCC[C@H]1c1nc(-c2ccc(-c3ccc(-c4nc([C@@H]5CCCN5C(=O)OC(C)(C)C)[nH]c4Cl)cc3)cc2)c(Cl)[nH]1. The molecule has 2 aromatic heterocycles. The van der Waals surface area contributed by atoms with Gasteiger partial charge in [0.2, 0.25) is 0 Å². The van der Waals surface area contributed by atoms with Crippen LogP contribution in [-0.4, -0.2) is 66.2 Å². The molecule has 48 heavy (non-hydrogen) atoms. The number of rotatable bonds is 5. The second-order valence-corrected chi connectivity index (χ2v) is 15.1. The Kier molecular flexibility index (Phi) is 9.26. The molecule has 2 aromatic carbocycles. The van der Waals surface area contributed by atoms with E-state index in [0.717, 1.165) is 47.9 Å². The van der Waals surface area contributed by atoms with Gasteiger partial charge in [-0.05, 0) is 78.4 Å². The minimum Gasteiger partial charge on any atom is -0.444 e.